The number of phenolic OH excluding ortho intramolecular Hbond substituents is 1. The zero-order chi connectivity index (χ0) is 13.9. The quantitative estimate of drug-likeness (QED) is 0.629. The average molecular weight is 253 g/mol. The van der Waals surface area contributed by atoms with E-state index in [0.717, 1.165) is 13.2 Å². The first-order valence-electron chi connectivity index (χ1n) is 4.52. The molecule has 0 atom stereocenters. The summed E-state index contributed by atoms with van der Waals surface area (Å²) in [5.74, 6) is -1.23. The first kappa shape index (κ1) is 13.2. The van der Waals surface area contributed by atoms with E-state index in [1.165, 1.54) is 0 Å². The van der Waals surface area contributed by atoms with Crippen molar-refractivity contribution in [2.24, 2.45) is 0 Å². The molecule has 18 heavy (non-hydrogen) atoms. The number of benzene rings is 1. The van der Waals surface area contributed by atoms with E-state index in [9.17, 15) is 25.3 Å². The summed E-state index contributed by atoms with van der Waals surface area (Å²) in [5.41, 5.74) is -1.98. The van der Waals surface area contributed by atoms with Crippen molar-refractivity contribution < 1.29 is 19.7 Å². The Morgan fingerprint density at radius 2 is 2.06 bits per heavy atom. The van der Waals surface area contributed by atoms with Crippen molar-refractivity contribution in [3.05, 3.63) is 31.9 Å². The van der Waals surface area contributed by atoms with Gasteiger partial charge in [-0.2, -0.15) is 5.26 Å². The van der Waals surface area contributed by atoms with Crippen molar-refractivity contribution in [3.8, 4) is 17.6 Å². The summed E-state index contributed by atoms with van der Waals surface area (Å²) in [5, 5.41) is 39.7. The number of methoxy groups -OCH3 is 1. The number of phenols is 1. The second kappa shape index (κ2) is 4.96. The zero-order valence-corrected chi connectivity index (χ0v) is 9.11. The van der Waals surface area contributed by atoms with Crippen LogP contribution in [0.4, 0.5) is 11.4 Å². The molecule has 0 unspecified atom stereocenters. The Kier molecular flexibility index (Phi) is 3.63. The molecule has 0 saturated carbocycles. The SMILES string of the molecule is COc1cc([N+](=O)[O-])c(CC#N)c([N+](=O)[O-])c1O. The Morgan fingerprint density at radius 1 is 1.44 bits per heavy atom. The van der Waals surface area contributed by atoms with Crippen LogP contribution in [0.1, 0.15) is 5.56 Å². The molecule has 0 aliphatic heterocycles. The van der Waals surface area contributed by atoms with Gasteiger partial charge in [-0.25, -0.2) is 0 Å². The Balaban J connectivity index is 3.73. The van der Waals surface area contributed by atoms with Gasteiger partial charge in [0.05, 0.1) is 35.5 Å². The van der Waals surface area contributed by atoms with Crippen molar-refractivity contribution in [1.82, 2.24) is 0 Å². The maximum absolute atomic E-state index is 10.8. The lowest BCUT2D eigenvalue weighted by Gasteiger charge is -2.07. The molecule has 9 nitrogen and oxygen atoms in total. The Morgan fingerprint density at radius 3 is 2.44 bits per heavy atom. The molecule has 0 saturated heterocycles. The van der Waals surface area contributed by atoms with Crippen LogP contribution in [0.5, 0.6) is 11.5 Å². The van der Waals surface area contributed by atoms with Crippen LogP contribution < -0.4 is 4.74 Å². The number of aromatic hydroxyl groups is 1. The van der Waals surface area contributed by atoms with Gasteiger partial charge < -0.3 is 9.84 Å². The molecule has 0 aromatic heterocycles. The largest absolute Gasteiger partial charge is 0.500 e. The lowest BCUT2D eigenvalue weighted by molar-refractivity contribution is -0.396. The van der Waals surface area contributed by atoms with Gasteiger partial charge >= 0.3 is 5.69 Å². The molecule has 9 heteroatoms. The fraction of sp³-hybridized carbons (Fsp3) is 0.222. The monoisotopic (exact) mass is 253 g/mol. The van der Waals surface area contributed by atoms with Crippen LogP contribution in [-0.2, 0) is 6.42 Å². The van der Waals surface area contributed by atoms with Gasteiger partial charge in [0.1, 0.15) is 5.56 Å². The first-order valence-corrected chi connectivity index (χ1v) is 4.52. The van der Waals surface area contributed by atoms with Gasteiger partial charge in [0.2, 0.25) is 5.75 Å². The molecule has 0 bridgehead atoms. The number of ether oxygens (including phenoxy) is 1. The van der Waals surface area contributed by atoms with Crippen LogP contribution >= 0.6 is 0 Å². The second-order valence-corrected chi connectivity index (χ2v) is 3.12. The normalized spacial score (nSPS) is 9.56. The van der Waals surface area contributed by atoms with E-state index in [4.69, 9.17) is 5.26 Å². The molecule has 0 aliphatic carbocycles. The molecular formula is C9H7N3O6. The number of rotatable bonds is 4. The van der Waals surface area contributed by atoms with Gasteiger partial charge in [0.25, 0.3) is 5.69 Å². The van der Waals surface area contributed by atoms with Crippen LogP contribution in [0, 0.1) is 31.6 Å². The van der Waals surface area contributed by atoms with Crippen molar-refractivity contribution in [1.29, 1.82) is 5.26 Å². The van der Waals surface area contributed by atoms with Gasteiger partial charge in [-0.1, -0.05) is 0 Å². The summed E-state index contributed by atoms with van der Waals surface area (Å²) in [7, 11) is 1.10. The van der Waals surface area contributed by atoms with E-state index in [1.807, 2.05) is 0 Å². The third-order valence-corrected chi connectivity index (χ3v) is 2.18. The minimum Gasteiger partial charge on any atom is -0.500 e. The molecule has 0 spiro atoms. The summed E-state index contributed by atoms with van der Waals surface area (Å²) in [4.78, 5) is 19.7. The molecule has 1 N–H and O–H groups in total. The molecule has 1 aromatic rings. The van der Waals surface area contributed by atoms with Crippen molar-refractivity contribution in [3.63, 3.8) is 0 Å². The van der Waals surface area contributed by atoms with Crippen LogP contribution in [0.25, 0.3) is 0 Å². The van der Waals surface area contributed by atoms with Crippen LogP contribution in [0.3, 0.4) is 0 Å². The number of nitrogens with zero attached hydrogens (tertiary/aromatic N) is 3. The molecule has 1 aromatic carbocycles. The molecule has 94 valence electrons. The lowest BCUT2D eigenvalue weighted by atomic mass is 10.1. The molecule has 0 radical (unpaired) electrons. The summed E-state index contributed by atoms with van der Waals surface area (Å²) < 4.78 is 4.62. The Labute approximate surface area is 100 Å². The van der Waals surface area contributed by atoms with Crippen LogP contribution in [0.15, 0.2) is 6.07 Å². The zero-order valence-electron chi connectivity index (χ0n) is 9.11. The van der Waals surface area contributed by atoms with Gasteiger partial charge in [-0.15, -0.1) is 0 Å². The van der Waals surface area contributed by atoms with E-state index in [0.29, 0.717) is 0 Å². The first-order chi connectivity index (χ1) is 8.43. The Bertz CT molecular complexity index is 562. The molecule has 0 fully saturated rings. The molecular weight excluding hydrogens is 246 g/mol. The second-order valence-electron chi connectivity index (χ2n) is 3.12. The number of nitriles is 1. The number of nitro groups is 2. The predicted octanol–water partition coefficient (Wildman–Crippen LogP) is 1.28. The summed E-state index contributed by atoms with van der Waals surface area (Å²) in [6.45, 7) is 0. The fourth-order valence-corrected chi connectivity index (χ4v) is 1.43. The molecule has 0 amide bonds. The van der Waals surface area contributed by atoms with E-state index in [-0.39, 0.29) is 0 Å². The molecule has 1 rings (SSSR count). The fourth-order valence-electron chi connectivity index (χ4n) is 1.43. The summed E-state index contributed by atoms with van der Waals surface area (Å²) >= 11 is 0. The third kappa shape index (κ3) is 2.12. The maximum atomic E-state index is 10.8. The molecule has 0 heterocycles. The standard InChI is InChI=1S/C9H7N3O6/c1-18-7-4-6(11(14)15)5(2-3-10)8(9(7)13)12(16)17/h4,13H,2H2,1H3. The highest BCUT2D eigenvalue weighted by molar-refractivity contribution is 5.68. The molecule has 0 aliphatic rings. The van der Waals surface area contributed by atoms with E-state index >= 15 is 0 Å². The summed E-state index contributed by atoms with van der Waals surface area (Å²) in [6, 6.07) is 2.42. The van der Waals surface area contributed by atoms with Crippen molar-refractivity contribution >= 4 is 11.4 Å². The predicted molar refractivity (Wildman–Crippen MR) is 57.3 cm³/mol. The van der Waals surface area contributed by atoms with Crippen LogP contribution in [0.2, 0.25) is 0 Å². The topological polar surface area (TPSA) is 140 Å². The van der Waals surface area contributed by atoms with E-state index < -0.39 is 44.7 Å². The minimum atomic E-state index is -0.989. The van der Waals surface area contributed by atoms with Crippen LogP contribution in [-0.4, -0.2) is 22.1 Å². The highest BCUT2D eigenvalue weighted by Gasteiger charge is 2.32. The Hall–Kier alpha value is -2.89. The minimum absolute atomic E-state index is 0.393. The van der Waals surface area contributed by atoms with Gasteiger partial charge in [0, 0.05) is 0 Å². The average Bonchev–Trinajstić information content (AvgIpc) is 2.28. The third-order valence-electron chi connectivity index (χ3n) is 2.18. The van der Waals surface area contributed by atoms with Gasteiger partial charge in [-0.05, 0) is 0 Å². The summed E-state index contributed by atoms with van der Waals surface area (Å²) in [6.07, 6.45) is -0.565. The number of hydrogen-bond acceptors (Lipinski definition) is 7. The highest BCUT2D eigenvalue weighted by atomic mass is 16.6. The lowest BCUT2D eigenvalue weighted by Crippen LogP contribution is -2.02. The van der Waals surface area contributed by atoms with E-state index in [1.54, 1.807) is 6.07 Å². The van der Waals surface area contributed by atoms with E-state index in [2.05, 4.69) is 4.74 Å². The van der Waals surface area contributed by atoms with Crippen molar-refractivity contribution in [2.45, 2.75) is 6.42 Å². The number of nitro benzene ring substituents is 2. The smallest absolute Gasteiger partial charge is 0.325 e. The van der Waals surface area contributed by atoms with Gasteiger partial charge in [0.15, 0.2) is 5.75 Å². The maximum Gasteiger partial charge on any atom is 0.325 e. The number of hydrogen-bond donors (Lipinski definition) is 1. The van der Waals surface area contributed by atoms with Gasteiger partial charge in [-0.3, -0.25) is 20.2 Å². The highest BCUT2D eigenvalue weighted by Crippen LogP contribution is 2.43. The van der Waals surface area contributed by atoms with Crippen molar-refractivity contribution in [2.75, 3.05) is 7.11 Å².